The van der Waals surface area contributed by atoms with Crippen LogP contribution in [0.2, 0.25) is 0 Å². The fraction of sp³-hybridized carbons (Fsp3) is 0.417. The van der Waals surface area contributed by atoms with Gasteiger partial charge in [0, 0.05) is 31.9 Å². The molecule has 0 spiro atoms. The van der Waals surface area contributed by atoms with Crippen LogP contribution in [0.15, 0.2) is 77.6 Å². The van der Waals surface area contributed by atoms with Crippen molar-refractivity contribution in [1.29, 1.82) is 0 Å². The van der Waals surface area contributed by atoms with Crippen LogP contribution in [0.5, 0.6) is 11.5 Å². The summed E-state index contributed by atoms with van der Waals surface area (Å²) in [6, 6.07) is 23.0. The molecule has 5 rings (SSSR count). The van der Waals surface area contributed by atoms with E-state index in [-0.39, 0.29) is 18.1 Å². The standard InChI is InChI=1S/C36H45N5O4S/c1-2-44-33-14-8-7-13-32(33)41-34(38-31-12-6-5-11-30(31)36(41)43)25-39-20-22-40(23-21-39)35(42)26-45-29-17-15-28(16-18-29)27-46-24-10-4-3-9-19-37/h5-8,11-18H,2-4,9-10,19-27,37H2,1H3. The quantitative estimate of drug-likeness (QED) is 0.165. The first-order valence-electron chi connectivity index (χ1n) is 16.3. The van der Waals surface area contributed by atoms with Crippen LogP contribution >= 0.6 is 11.8 Å². The van der Waals surface area contributed by atoms with Gasteiger partial charge in [-0.2, -0.15) is 11.8 Å². The van der Waals surface area contributed by atoms with Crippen molar-refractivity contribution in [1.82, 2.24) is 19.4 Å². The summed E-state index contributed by atoms with van der Waals surface area (Å²) in [5, 5.41) is 0.561. The number of ether oxygens (including phenoxy) is 2. The van der Waals surface area contributed by atoms with Crippen molar-refractivity contribution in [2.45, 2.75) is 44.9 Å². The molecule has 0 radical (unpaired) electrons. The molecule has 2 heterocycles. The fourth-order valence-electron chi connectivity index (χ4n) is 5.62. The number of piperazine rings is 1. The highest BCUT2D eigenvalue weighted by molar-refractivity contribution is 7.98. The van der Waals surface area contributed by atoms with Crippen LogP contribution in [-0.2, 0) is 17.1 Å². The van der Waals surface area contributed by atoms with Crippen molar-refractivity contribution in [2.75, 3.05) is 51.7 Å². The number of nitrogens with zero attached hydrogens (tertiary/aromatic N) is 4. The van der Waals surface area contributed by atoms with E-state index in [9.17, 15) is 9.59 Å². The molecule has 244 valence electrons. The minimum atomic E-state index is -0.125. The highest BCUT2D eigenvalue weighted by atomic mass is 32.2. The molecule has 1 aliphatic rings. The maximum absolute atomic E-state index is 13.8. The molecule has 0 unspecified atom stereocenters. The van der Waals surface area contributed by atoms with Gasteiger partial charge < -0.3 is 20.1 Å². The number of amides is 1. The van der Waals surface area contributed by atoms with Crippen molar-refractivity contribution in [2.24, 2.45) is 5.73 Å². The van der Waals surface area contributed by atoms with Crippen LogP contribution in [0.3, 0.4) is 0 Å². The second-order valence-corrected chi connectivity index (χ2v) is 12.5. The largest absolute Gasteiger partial charge is 0.492 e. The number of rotatable bonds is 16. The van der Waals surface area contributed by atoms with Crippen LogP contribution in [0.25, 0.3) is 16.6 Å². The first-order valence-corrected chi connectivity index (χ1v) is 17.5. The number of carbonyl (C=O) groups excluding carboxylic acids is 1. The maximum atomic E-state index is 13.8. The lowest BCUT2D eigenvalue weighted by Crippen LogP contribution is -2.50. The zero-order valence-electron chi connectivity index (χ0n) is 26.7. The Bertz CT molecular complexity index is 1620. The third-order valence-electron chi connectivity index (χ3n) is 8.14. The number of nitrogens with two attached hydrogens (primary N) is 1. The van der Waals surface area contributed by atoms with Gasteiger partial charge >= 0.3 is 0 Å². The Balaban J connectivity index is 1.14. The predicted octanol–water partition coefficient (Wildman–Crippen LogP) is 5.26. The van der Waals surface area contributed by atoms with Gasteiger partial charge in [-0.05, 0) is 74.0 Å². The summed E-state index contributed by atoms with van der Waals surface area (Å²) in [5.74, 6) is 4.09. The highest BCUT2D eigenvalue weighted by Gasteiger charge is 2.24. The molecule has 0 bridgehead atoms. The Morgan fingerprint density at radius 1 is 0.891 bits per heavy atom. The molecule has 3 aromatic carbocycles. The first kappa shape index (κ1) is 33.5. The van der Waals surface area contributed by atoms with Crippen LogP contribution in [-0.4, -0.2) is 76.9 Å². The predicted molar refractivity (Wildman–Crippen MR) is 186 cm³/mol. The molecule has 4 aromatic rings. The molecule has 1 aliphatic heterocycles. The maximum Gasteiger partial charge on any atom is 0.266 e. The Morgan fingerprint density at radius 2 is 1.63 bits per heavy atom. The van der Waals surface area contributed by atoms with Gasteiger partial charge in [0.1, 0.15) is 17.3 Å². The minimum absolute atomic E-state index is 0.0108. The normalized spacial score (nSPS) is 13.7. The lowest BCUT2D eigenvalue weighted by atomic mass is 10.2. The average Bonchev–Trinajstić information content (AvgIpc) is 3.08. The van der Waals surface area contributed by atoms with Gasteiger partial charge in [0.15, 0.2) is 6.61 Å². The van der Waals surface area contributed by atoms with E-state index in [2.05, 4.69) is 17.0 Å². The smallest absolute Gasteiger partial charge is 0.266 e. The average molecular weight is 644 g/mol. The molecule has 1 amide bonds. The van der Waals surface area contributed by atoms with E-state index >= 15 is 0 Å². The molecular weight excluding hydrogens is 598 g/mol. The Morgan fingerprint density at radius 3 is 2.41 bits per heavy atom. The summed E-state index contributed by atoms with van der Waals surface area (Å²) in [4.78, 5) is 35.8. The van der Waals surface area contributed by atoms with Gasteiger partial charge in [-0.3, -0.25) is 19.1 Å². The van der Waals surface area contributed by atoms with Crippen LogP contribution in [0.4, 0.5) is 0 Å². The van der Waals surface area contributed by atoms with Crippen molar-refractivity contribution in [3.05, 3.63) is 94.5 Å². The van der Waals surface area contributed by atoms with E-state index in [1.807, 2.05) is 84.2 Å². The van der Waals surface area contributed by atoms with Crippen molar-refractivity contribution >= 4 is 28.6 Å². The Labute approximate surface area is 275 Å². The van der Waals surface area contributed by atoms with E-state index < -0.39 is 0 Å². The summed E-state index contributed by atoms with van der Waals surface area (Å²) in [5.41, 5.74) is 8.03. The molecule has 1 aromatic heterocycles. The van der Waals surface area contributed by atoms with Crippen molar-refractivity contribution in [3.8, 4) is 17.2 Å². The van der Waals surface area contributed by atoms with Gasteiger partial charge in [-0.15, -0.1) is 0 Å². The van der Waals surface area contributed by atoms with Crippen molar-refractivity contribution in [3.63, 3.8) is 0 Å². The molecule has 2 N–H and O–H groups in total. The second-order valence-electron chi connectivity index (χ2n) is 11.4. The number of carbonyl (C=O) groups is 1. The summed E-state index contributed by atoms with van der Waals surface area (Å²) < 4.78 is 13.4. The van der Waals surface area contributed by atoms with Gasteiger partial charge in [-0.1, -0.05) is 49.2 Å². The highest BCUT2D eigenvalue weighted by Crippen LogP contribution is 2.24. The monoisotopic (exact) mass is 643 g/mol. The first-order chi connectivity index (χ1) is 22.6. The number of hydrogen-bond acceptors (Lipinski definition) is 8. The number of unbranched alkanes of at least 4 members (excludes halogenated alkanes) is 3. The number of fused-ring (bicyclic) bond motifs is 1. The molecule has 46 heavy (non-hydrogen) atoms. The molecule has 10 heteroatoms. The summed E-state index contributed by atoms with van der Waals surface area (Å²) >= 11 is 1.95. The van der Waals surface area contributed by atoms with Gasteiger partial charge in [0.25, 0.3) is 11.5 Å². The third kappa shape index (κ3) is 8.90. The second kappa shape index (κ2) is 17.2. The van der Waals surface area contributed by atoms with Gasteiger partial charge in [0.05, 0.1) is 29.7 Å². The number of para-hydroxylation sites is 3. The van der Waals surface area contributed by atoms with E-state index in [1.165, 1.54) is 24.8 Å². The molecular formula is C36H45N5O4S. The van der Waals surface area contributed by atoms with E-state index in [0.717, 1.165) is 24.5 Å². The lowest BCUT2D eigenvalue weighted by molar-refractivity contribution is -0.135. The van der Waals surface area contributed by atoms with Crippen LogP contribution < -0.4 is 20.8 Å². The van der Waals surface area contributed by atoms with E-state index in [0.29, 0.717) is 73.2 Å². The van der Waals surface area contributed by atoms with Gasteiger partial charge in [-0.25, -0.2) is 4.98 Å². The van der Waals surface area contributed by atoms with Crippen LogP contribution in [0, 0.1) is 0 Å². The third-order valence-corrected chi connectivity index (χ3v) is 9.25. The van der Waals surface area contributed by atoms with Crippen LogP contribution in [0.1, 0.15) is 44.0 Å². The topological polar surface area (TPSA) is 103 Å². The molecule has 9 nitrogen and oxygen atoms in total. The lowest BCUT2D eigenvalue weighted by Gasteiger charge is -2.34. The molecule has 0 aliphatic carbocycles. The zero-order chi connectivity index (χ0) is 32.1. The molecule has 1 saturated heterocycles. The Kier molecular flexibility index (Phi) is 12.5. The van der Waals surface area contributed by atoms with Gasteiger partial charge in [0.2, 0.25) is 0 Å². The minimum Gasteiger partial charge on any atom is -0.492 e. The number of aromatic nitrogens is 2. The summed E-state index contributed by atoms with van der Waals surface area (Å²) in [6.45, 7) is 6.18. The zero-order valence-corrected chi connectivity index (χ0v) is 27.6. The number of hydrogen-bond donors (Lipinski definition) is 1. The molecule has 0 saturated carbocycles. The number of benzene rings is 3. The SMILES string of the molecule is CCOc1ccccc1-n1c(CN2CCN(C(=O)COc3ccc(CSCCCCCCN)cc3)CC2)nc2ccccc2c1=O. The Hall–Kier alpha value is -3.86. The summed E-state index contributed by atoms with van der Waals surface area (Å²) in [7, 11) is 0. The number of thioether (sulfide) groups is 1. The van der Waals surface area contributed by atoms with Crippen molar-refractivity contribution < 1.29 is 14.3 Å². The van der Waals surface area contributed by atoms with E-state index in [4.69, 9.17) is 20.2 Å². The molecule has 0 atom stereocenters. The van der Waals surface area contributed by atoms with E-state index in [1.54, 1.807) is 4.57 Å². The fourth-order valence-corrected chi connectivity index (χ4v) is 6.60. The molecule has 1 fully saturated rings. The summed E-state index contributed by atoms with van der Waals surface area (Å²) in [6.07, 6.45) is 4.81.